The van der Waals surface area contributed by atoms with Crippen molar-refractivity contribution in [1.29, 1.82) is 0 Å². The van der Waals surface area contributed by atoms with E-state index in [1.165, 1.54) is 6.07 Å². The number of rotatable bonds is 5. The van der Waals surface area contributed by atoms with E-state index < -0.39 is 12.0 Å². The molecule has 114 valence electrons. The molecule has 0 saturated carbocycles. The van der Waals surface area contributed by atoms with Crippen LogP contribution in [-0.4, -0.2) is 26.3 Å². The summed E-state index contributed by atoms with van der Waals surface area (Å²) in [4.78, 5) is 6.94. The Kier molecular flexibility index (Phi) is 4.29. The molecule has 0 amide bonds. The summed E-state index contributed by atoms with van der Waals surface area (Å²) in [6, 6.07) is 1.44. The summed E-state index contributed by atoms with van der Waals surface area (Å²) < 4.78 is 39.9. The van der Waals surface area contributed by atoms with Crippen molar-refractivity contribution in [2.24, 2.45) is 7.05 Å². The molecule has 6 nitrogen and oxygen atoms in total. The normalized spacial score (nSPS) is 11.5. The first-order valence-electron chi connectivity index (χ1n) is 6.30. The van der Waals surface area contributed by atoms with Crippen molar-refractivity contribution in [2.45, 2.75) is 19.6 Å². The Morgan fingerprint density at radius 2 is 1.86 bits per heavy atom. The maximum atomic E-state index is 12.8. The first-order chi connectivity index (χ1) is 9.88. The summed E-state index contributed by atoms with van der Waals surface area (Å²) in [5.74, 6) is -0.930. The van der Waals surface area contributed by atoms with E-state index in [2.05, 4.69) is 25.7 Å². The van der Waals surface area contributed by atoms with E-state index in [9.17, 15) is 13.2 Å². The van der Waals surface area contributed by atoms with Gasteiger partial charge < -0.3 is 10.6 Å². The van der Waals surface area contributed by atoms with Gasteiger partial charge in [-0.3, -0.25) is 4.68 Å². The number of nitrogens with zero attached hydrogens (tertiary/aromatic N) is 4. The minimum absolute atomic E-state index is 0.108. The average Bonchev–Trinajstić information content (AvgIpc) is 2.81. The Balaban J connectivity index is 2.19. The van der Waals surface area contributed by atoms with Crippen LogP contribution in [0.2, 0.25) is 0 Å². The zero-order valence-corrected chi connectivity index (χ0v) is 11.6. The van der Waals surface area contributed by atoms with E-state index in [-0.39, 0.29) is 11.6 Å². The van der Waals surface area contributed by atoms with Crippen molar-refractivity contribution >= 4 is 11.6 Å². The fourth-order valence-corrected chi connectivity index (χ4v) is 1.69. The third-order valence-electron chi connectivity index (χ3n) is 2.57. The van der Waals surface area contributed by atoms with Crippen LogP contribution in [0.3, 0.4) is 0 Å². The summed E-state index contributed by atoms with van der Waals surface area (Å²) in [7, 11) is 1.76. The molecule has 0 bridgehead atoms. The Morgan fingerprint density at radius 3 is 2.38 bits per heavy atom. The predicted molar refractivity (Wildman–Crippen MR) is 71.7 cm³/mol. The van der Waals surface area contributed by atoms with E-state index in [1.807, 2.05) is 0 Å². The van der Waals surface area contributed by atoms with Gasteiger partial charge in [0.05, 0.1) is 6.20 Å². The van der Waals surface area contributed by atoms with Gasteiger partial charge in [0, 0.05) is 38.0 Å². The van der Waals surface area contributed by atoms with Crippen LogP contribution in [0.5, 0.6) is 0 Å². The predicted octanol–water partition coefficient (Wildman–Crippen LogP) is 2.27. The van der Waals surface area contributed by atoms with E-state index in [1.54, 1.807) is 31.0 Å². The highest BCUT2D eigenvalue weighted by Gasteiger charge is 2.35. The number of nitrogens with one attached hydrogen (secondary N) is 2. The molecule has 2 N–H and O–H groups in total. The smallest absolute Gasteiger partial charge is 0.370 e. The molecule has 2 aromatic rings. The standard InChI is InChI=1S/C12H15F3N6/c1-3-16-9-4-10(20-11(19-9)12(13,14)15)17-5-8-6-18-21(2)7-8/h4,6-7H,3,5H2,1-2H3,(H2,16,17,19,20). The molecular formula is C12H15F3N6. The van der Waals surface area contributed by atoms with Gasteiger partial charge in [0.25, 0.3) is 0 Å². The van der Waals surface area contributed by atoms with Gasteiger partial charge in [0.2, 0.25) is 5.82 Å². The van der Waals surface area contributed by atoms with Crippen molar-refractivity contribution in [3.05, 3.63) is 29.8 Å². The molecule has 0 saturated heterocycles. The van der Waals surface area contributed by atoms with Crippen LogP contribution in [0.4, 0.5) is 24.8 Å². The first kappa shape index (κ1) is 15.1. The molecule has 0 aromatic carbocycles. The van der Waals surface area contributed by atoms with Crippen LogP contribution in [0.25, 0.3) is 0 Å². The van der Waals surface area contributed by atoms with Crippen molar-refractivity contribution in [2.75, 3.05) is 17.2 Å². The summed E-state index contributed by atoms with van der Waals surface area (Å²) in [6.07, 6.45) is -1.19. The number of hydrogen-bond acceptors (Lipinski definition) is 5. The van der Waals surface area contributed by atoms with E-state index in [0.717, 1.165) is 5.56 Å². The second-order valence-corrected chi connectivity index (χ2v) is 4.37. The van der Waals surface area contributed by atoms with E-state index in [0.29, 0.717) is 13.1 Å². The van der Waals surface area contributed by atoms with Crippen molar-refractivity contribution in [3.8, 4) is 0 Å². The average molecular weight is 300 g/mol. The lowest BCUT2D eigenvalue weighted by Crippen LogP contribution is -2.15. The van der Waals surface area contributed by atoms with Crippen LogP contribution in [0, 0.1) is 0 Å². The molecule has 21 heavy (non-hydrogen) atoms. The molecular weight excluding hydrogens is 285 g/mol. The minimum Gasteiger partial charge on any atom is -0.370 e. The third-order valence-corrected chi connectivity index (χ3v) is 2.57. The van der Waals surface area contributed by atoms with Gasteiger partial charge in [-0.25, -0.2) is 9.97 Å². The SMILES string of the molecule is CCNc1cc(NCc2cnn(C)c2)nc(C(F)(F)F)n1. The van der Waals surface area contributed by atoms with E-state index >= 15 is 0 Å². The largest absolute Gasteiger partial charge is 0.451 e. The molecule has 9 heteroatoms. The van der Waals surface area contributed by atoms with Gasteiger partial charge >= 0.3 is 6.18 Å². The van der Waals surface area contributed by atoms with Crippen LogP contribution in [-0.2, 0) is 19.8 Å². The van der Waals surface area contributed by atoms with Crippen molar-refractivity contribution in [3.63, 3.8) is 0 Å². The third kappa shape index (κ3) is 4.07. The number of aryl methyl sites for hydroxylation is 1. The molecule has 0 atom stereocenters. The van der Waals surface area contributed by atoms with Gasteiger partial charge in [0.1, 0.15) is 11.6 Å². The quantitative estimate of drug-likeness (QED) is 0.886. The Bertz CT molecular complexity index is 607. The number of hydrogen-bond donors (Lipinski definition) is 2. The van der Waals surface area contributed by atoms with E-state index in [4.69, 9.17) is 0 Å². The summed E-state index contributed by atoms with van der Waals surface area (Å²) in [5.41, 5.74) is 0.842. The van der Waals surface area contributed by atoms with Crippen molar-refractivity contribution < 1.29 is 13.2 Å². The molecule has 0 aliphatic heterocycles. The lowest BCUT2D eigenvalue weighted by molar-refractivity contribution is -0.144. The molecule has 2 rings (SSSR count). The molecule has 2 heterocycles. The second kappa shape index (κ2) is 5.98. The highest BCUT2D eigenvalue weighted by Crippen LogP contribution is 2.28. The molecule has 0 unspecified atom stereocenters. The van der Waals surface area contributed by atoms with Gasteiger partial charge in [-0.1, -0.05) is 0 Å². The highest BCUT2D eigenvalue weighted by molar-refractivity contribution is 5.48. The number of alkyl halides is 3. The zero-order valence-electron chi connectivity index (χ0n) is 11.6. The van der Waals surface area contributed by atoms with Gasteiger partial charge in [-0.2, -0.15) is 18.3 Å². The summed E-state index contributed by atoms with van der Waals surface area (Å²) in [6.45, 7) is 2.57. The first-order valence-corrected chi connectivity index (χ1v) is 6.30. The van der Waals surface area contributed by atoms with Gasteiger partial charge in [-0.15, -0.1) is 0 Å². The maximum Gasteiger partial charge on any atom is 0.451 e. The summed E-state index contributed by atoms with van der Waals surface area (Å²) in [5, 5.41) is 9.58. The van der Waals surface area contributed by atoms with Crippen LogP contribution in [0.15, 0.2) is 18.5 Å². The Morgan fingerprint density at radius 1 is 1.19 bits per heavy atom. The maximum absolute atomic E-state index is 12.8. The molecule has 0 aliphatic rings. The number of anilines is 2. The topological polar surface area (TPSA) is 67.7 Å². The monoisotopic (exact) mass is 300 g/mol. The van der Waals surface area contributed by atoms with Crippen LogP contribution in [0.1, 0.15) is 18.3 Å². The molecule has 0 aliphatic carbocycles. The minimum atomic E-state index is -4.59. The Labute approximate surface area is 119 Å². The second-order valence-electron chi connectivity index (χ2n) is 4.37. The lowest BCUT2D eigenvalue weighted by Gasteiger charge is -2.11. The number of halogens is 3. The zero-order chi connectivity index (χ0) is 15.5. The molecule has 0 spiro atoms. The number of aromatic nitrogens is 4. The molecule has 2 aromatic heterocycles. The highest BCUT2D eigenvalue weighted by atomic mass is 19.4. The van der Waals surface area contributed by atoms with Crippen LogP contribution >= 0.6 is 0 Å². The summed E-state index contributed by atoms with van der Waals surface area (Å²) >= 11 is 0. The van der Waals surface area contributed by atoms with Gasteiger partial charge in [0.15, 0.2) is 0 Å². The molecule has 0 radical (unpaired) electrons. The Hall–Kier alpha value is -2.32. The molecule has 0 fully saturated rings. The van der Waals surface area contributed by atoms with Crippen LogP contribution < -0.4 is 10.6 Å². The fourth-order valence-electron chi connectivity index (χ4n) is 1.69. The fraction of sp³-hybridized carbons (Fsp3) is 0.417. The lowest BCUT2D eigenvalue weighted by atomic mass is 10.3. The van der Waals surface area contributed by atoms with Gasteiger partial charge in [-0.05, 0) is 6.92 Å². The van der Waals surface area contributed by atoms with Crippen molar-refractivity contribution in [1.82, 2.24) is 19.7 Å².